The third-order valence-corrected chi connectivity index (χ3v) is 2.78. The van der Waals surface area contributed by atoms with Gasteiger partial charge in [0.2, 0.25) is 0 Å². The molecule has 1 aliphatic rings. The fourth-order valence-corrected chi connectivity index (χ4v) is 1.86. The normalized spacial score (nSPS) is 18.9. The molecule has 1 heterocycles. The van der Waals surface area contributed by atoms with Crippen LogP contribution in [0.5, 0.6) is 0 Å². The summed E-state index contributed by atoms with van der Waals surface area (Å²) in [6.07, 6.45) is 2.08. The fraction of sp³-hybridized carbons (Fsp3) is 1.00. The molecule has 1 N–H and O–H groups in total. The van der Waals surface area contributed by atoms with Crippen LogP contribution in [0.3, 0.4) is 0 Å². The summed E-state index contributed by atoms with van der Waals surface area (Å²) in [7, 11) is 0. The number of hydrogen-bond donors (Lipinski definition) is 1. The average molecular weight is 162 g/mol. The van der Waals surface area contributed by atoms with Gasteiger partial charge in [-0.15, -0.1) is 0 Å². The molecule has 0 aliphatic carbocycles. The summed E-state index contributed by atoms with van der Waals surface area (Å²) in [5, 5.41) is 9.22. The van der Waals surface area contributed by atoms with Crippen molar-refractivity contribution in [1.29, 1.82) is 0 Å². The number of rotatable bonds is 5. The highest BCUT2D eigenvalue weighted by Crippen LogP contribution is 2.19. The topological polar surface area (TPSA) is 29.5 Å². The molecule has 10 heavy (non-hydrogen) atoms. The van der Waals surface area contributed by atoms with Gasteiger partial charge in [-0.2, -0.15) is 11.8 Å². The smallest absolute Gasteiger partial charge is 0.0607 e. The molecule has 60 valence electrons. The second-order valence-electron chi connectivity index (χ2n) is 2.46. The van der Waals surface area contributed by atoms with Crippen LogP contribution in [0.15, 0.2) is 0 Å². The third-order valence-electron chi connectivity index (χ3n) is 1.51. The first-order chi connectivity index (χ1) is 4.93. The number of aliphatic hydroxyl groups is 1. The molecule has 1 aliphatic heterocycles. The van der Waals surface area contributed by atoms with E-state index in [2.05, 4.69) is 0 Å². The summed E-state index contributed by atoms with van der Waals surface area (Å²) >= 11 is 1.97. The summed E-state index contributed by atoms with van der Waals surface area (Å²) in [6, 6.07) is 0. The van der Waals surface area contributed by atoms with Crippen molar-refractivity contribution in [2.75, 3.05) is 25.6 Å². The number of ether oxygens (including phenoxy) is 1. The van der Waals surface area contributed by atoms with E-state index in [1.165, 1.54) is 5.75 Å². The molecule has 0 bridgehead atoms. The second kappa shape index (κ2) is 4.99. The van der Waals surface area contributed by atoms with Crippen LogP contribution in [0.4, 0.5) is 0 Å². The Morgan fingerprint density at radius 1 is 1.40 bits per heavy atom. The quantitative estimate of drug-likeness (QED) is 0.609. The summed E-state index contributed by atoms with van der Waals surface area (Å²) in [5.41, 5.74) is 0. The van der Waals surface area contributed by atoms with E-state index >= 15 is 0 Å². The molecule has 1 rings (SSSR count). The highest BCUT2D eigenvalue weighted by atomic mass is 32.2. The molecule has 0 atom stereocenters. The van der Waals surface area contributed by atoms with Gasteiger partial charge >= 0.3 is 0 Å². The van der Waals surface area contributed by atoms with E-state index in [1.54, 1.807) is 0 Å². The zero-order chi connectivity index (χ0) is 7.23. The predicted molar refractivity (Wildman–Crippen MR) is 43.4 cm³/mol. The number of hydrogen-bond acceptors (Lipinski definition) is 3. The van der Waals surface area contributed by atoms with E-state index in [1.807, 2.05) is 11.8 Å². The SMILES string of the molecule is OCCCCSC1COC1. The van der Waals surface area contributed by atoms with E-state index < -0.39 is 0 Å². The van der Waals surface area contributed by atoms with Gasteiger partial charge in [-0.25, -0.2) is 0 Å². The molecule has 0 aromatic rings. The minimum absolute atomic E-state index is 0.335. The second-order valence-corrected chi connectivity index (χ2v) is 3.87. The maximum Gasteiger partial charge on any atom is 0.0607 e. The van der Waals surface area contributed by atoms with Crippen LogP contribution >= 0.6 is 11.8 Å². The van der Waals surface area contributed by atoms with Crippen molar-refractivity contribution in [2.24, 2.45) is 0 Å². The molecule has 0 saturated carbocycles. The average Bonchev–Trinajstić information content (AvgIpc) is 1.84. The first-order valence-electron chi connectivity index (χ1n) is 3.73. The van der Waals surface area contributed by atoms with Gasteiger partial charge in [-0.3, -0.25) is 0 Å². The molecule has 1 saturated heterocycles. The molecule has 3 heteroatoms. The predicted octanol–water partition coefficient (Wildman–Crippen LogP) is 0.891. The molecule has 0 aromatic heterocycles. The first kappa shape index (κ1) is 8.37. The fourth-order valence-electron chi connectivity index (χ4n) is 0.774. The van der Waals surface area contributed by atoms with Crippen molar-refractivity contribution in [3.8, 4) is 0 Å². The molecule has 0 unspecified atom stereocenters. The van der Waals surface area contributed by atoms with Crippen molar-refractivity contribution >= 4 is 11.8 Å². The van der Waals surface area contributed by atoms with Crippen molar-refractivity contribution < 1.29 is 9.84 Å². The van der Waals surface area contributed by atoms with Crippen LogP contribution in [0, 0.1) is 0 Å². The highest BCUT2D eigenvalue weighted by molar-refractivity contribution is 8.00. The van der Waals surface area contributed by atoms with Gasteiger partial charge in [-0.05, 0) is 18.6 Å². The Morgan fingerprint density at radius 3 is 2.70 bits per heavy atom. The van der Waals surface area contributed by atoms with E-state index in [4.69, 9.17) is 9.84 Å². The lowest BCUT2D eigenvalue weighted by atomic mass is 10.4. The molecule has 2 nitrogen and oxygen atoms in total. The Morgan fingerprint density at radius 2 is 2.20 bits per heavy atom. The molecular weight excluding hydrogens is 148 g/mol. The van der Waals surface area contributed by atoms with E-state index in [9.17, 15) is 0 Å². The van der Waals surface area contributed by atoms with Gasteiger partial charge in [0.05, 0.1) is 18.5 Å². The summed E-state index contributed by atoms with van der Waals surface area (Å²) < 4.78 is 5.02. The van der Waals surface area contributed by atoms with Crippen LogP contribution in [0.25, 0.3) is 0 Å². The molecule has 0 radical (unpaired) electrons. The van der Waals surface area contributed by atoms with Gasteiger partial charge in [-0.1, -0.05) is 0 Å². The molecule has 0 spiro atoms. The highest BCUT2D eigenvalue weighted by Gasteiger charge is 2.17. The standard InChI is InChI=1S/C7H14O2S/c8-3-1-2-4-10-7-5-9-6-7/h7-8H,1-6H2. The minimum atomic E-state index is 0.335. The first-order valence-corrected chi connectivity index (χ1v) is 4.78. The van der Waals surface area contributed by atoms with Crippen LogP contribution in [-0.4, -0.2) is 35.9 Å². The Kier molecular flexibility index (Phi) is 4.18. The number of aliphatic hydroxyl groups excluding tert-OH is 1. The molecule has 0 amide bonds. The van der Waals surface area contributed by atoms with E-state index in [0.29, 0.717) is 6.61 Å². The van der Waals surface area contributed by atoms with Crippen molar-refractivity contribution in [3.05, 3.63) is 0 Å². The largest absolute Gasteiger partial charge is 0.396 e. The number of unbranched alkanes of at least 4 members (excludes halogenated alkanes) is 1. The van der Waals surface area contributed by atoms with Gasteiger partial charge in [0.1, 0.15) is 0 Å². The Hall–Kier alpha value is 0.270. The number of thioether (sulfide) groups is 1. The van der Waals surface area contributed by atoms with Crippen molar-refractivity contribution in [2.45, 2.75) is 18.1 Å². The summed E-state index contributed by atoms with van der Waals surface area (Å²) in [5.74, 6) is 1.18. The zero-order valence-electron chi connectivity index (χ0n) is 6.08. The Bertz CT molecular complexity index is 83.7. The monoisotopic (exact) mass is 162 g/mol. The van der Waals surface area contributed by atoms with Gasteiger partial charge in [0, 0.05) is 6.61 Å². The van der Waals surface area contributed by atoms with Crippen LogP contribution < -0.4 is 0 Å². The minimum Gasteiger partial charge on any atom is -0.396 e. The third kappa shape index (κ3) is 2.90. The zero-order valence-corrected chi connectivity index (χ0v) is 6.90. The lowest BCUT2D eigenvalue weighted by Crippen LogP contribution is -2.30. The van der Waals surface area contributed by atoms with Crippen molar-refractivity contribution in [1.82, 2.24) is 0 Å². The molecule has 0 aromatic carbocycles. The summed E-state index contributed by atoms with van der Waals surface area (Å²) in [4.78, 5) is 0. The lowest BCUT2D eigenvalue weighted by Gasteiger charge is -2.24. The van der Waals surface area contributed by atoms with E-state index in [0.717, 1.165) is 31.3 Å². The van der Waals surface area contributed by atoms with Crippen LogP contribution in [-0.2, 0) is 4.74 Å². The summed E-state index contributed by atoms with van der Waals surface area (Å²) in [6.45, 7) is 2.20. The lowest BCUT2D eigenvalue weighted by molar-refractivity contribution is 0.0455. The van der Waals surface area contributed by atoms with Crippen LogP contribution in [0.1, 0.15) is 12.8 Å². The van der Waals surface area contributed by atoms with Crippen molar-refractivity contribution in [3.63, 3.8) is 0 Å². The van der Waals surface area contributed by atoms with Crippen LogP contribution in [0.2, 0.25) is 0 Å². The van der Waals surface area contributed by atoms with Gasteiger partial charge in [0.15, 0.2) is 0 Å². The van der Waals surface area contributed by atoms with E-state index in [-0.39, 0.29) is 0 Å². The maximum absolute atomic E-state index is 8.47. The Balaban J connectivity index is 1.76. The van der Waals surface area contributed by atoms with Gasteiger partial charge in [0.25, 0.3) is 0 Å². The van der Waals surface area contributed by atoms with Gasteiger partial charge < -0.3 is 9.84 Å². The molecular formula is C7H14O2S. The molecule has 1 fully saturated rings. The Labute approximate surface area is 66.0 Å². The maximum atomic E-state index is 8.47.